The molecule has 0 aliphatic heterocycles. The second-order valence-electron chi connectivity index (χ2n) is 13.2. The summed E-state index contributed by atoms with van der Waals surface area (Å²) >= 11 is 0. The van der Waals surface area contributed by atoms with E-state index >= 15 is 0 Å². The van der Waals surface area contributed by atoms with Crippen LogP contribution in [0.15, 0.2) is 34.9 Å². The number of rotatable bonds is 10. The summed E-state index contributed by atoms with van der Waals surface area (Å²) in [7, 11) is -1.57. The van der Waals surface area contributed by atoms with Gasteiger partial charge in [-0.15, -0.1) is 0 Å². The van der Waals surface area contributed by atoms with Crippen molar-refractivity contribution in [1.29, 1.82) is 0 Å². The lowest BCUT2D eigenvalue weighted by atomic mass is 9.62. The van der Waals surface area contributed by atoms with Crippen LogP contribution in [0.5, 0.6) is 0 Å². The maximum absolute atomic E-state index is 8.29. The molecule has 0 spiro atoms. The number of fused-ring (bicyclic) bond motifs is 1. The first kappa shape index (κ1) is 28.0. The Morgan fingerprint density at radius 3 is 2.58 bits per heavy atom. The molecule has 202 valence electrons. The summed E-state index contributed by atoms with van der Waals surface area (Å²) in [6, 6.07) is 3.70. The fourth-order valence-corrected chi connectivity index (χ4v) is 11.0. The van der Waals surface area contributed by atoms with Crippen molar-refractivity contribution in [3.63, 3.8) is 0 Å². The first-order valence-electron chi connectivity index (χ1n) is 15.7. The Hall–Kier alpha value is -1.04. The van der Waals surface area contributed by atoms with Crippen molar-refractivity contribution in [2.45, 2.75) is 143 Å². The molecule has 5 atom stereocenters. The standard InChI is InChI=1S/C34H56OSi/c1-10-36(11-2,12-3)35-33(7,8)23-13-15-27(5)31-21-22-32-30(16-14-24-34(31,32)9)20-19-29-18-17-26(4)25-28(29)6/h16,27,31-32H,4,10-15,17-18,21-25H2,1-3,5-9H3/t27-,31?,32?,34-/m1/s1/i17T/t17-,27-,31?,32?,34-. The van der Waals surface area contributed by atoms with E-state index in [1.807, 2.05) is 0 Å². The summed E-state index contributed by atoms with van der Waals surface area (Å²) in [6.07, 6.45) is 12.7. The van der Waals surface area contributed by atoms with Crippen molar-refractivity contribution in [3.8, 4) is 11.8 Å². The van der Waals surface area contributed by atoms with E-state index in [1.54, 1.807) is 0 Å². The van der Waals surface area contributed by atoms with Crippen LogP contribution in [-0.4, -0.2) is 13.9 Å². The second kappa shape index (κ2) is 12.2. The van der Waals surface area contributed by atoms with Gasteiger partial charge in [-0.25, -0.2) is 0 Å². The molecule has 1 fully saturated rings. The van der Waals surface area contributed by atoms with Crippen LogP contribution in [0.2, 0.25) is 18.1 Å². The smallest absolute Gasteiger partial charge is 0.192 e. The van der Waals surface area contributed by atoms with Crippen molar-refractivity contribution < 1.29 is 5.80 Å². The number of hydrogen-bond donors (Lipinski definition) is 0. The Labute approximate surface area is 227 Å². The zero-order valence-electron chi connectivity index (χ0n) is 26.0. The molecular weight excluding hydrogens is 452 g/mol. The molecule has 0 heterocycles. The SMILES string of the molecule is [3H][C@@H]1CC(C#CC2=CCC[C@@]3(C)C2CCC3[C@H](C)CCCC(C)(C)O[Si](CC)(CC)CC)=C(C)CC1=C. The lowest BCUT2D eigenvalue weighted by Crippen LogP contribution is -2.44. The van der Waals surface area contributed by atoms with Gasteiger partial charge in [0.05, 0.1) is 5.60 Å². The van der Waals surface area contributed by atoms with Crippen LogP contribution >= 0.6 is 0 Å². The van der Waals surface area contributed by atoms with Crippen LogP contribution in [0.25, 0.3) is 0 Å². The quantitative estimate of drug-likeness (QED) is 0.161. The van der Waals surface area contributed by atoms with Crippen molar-refractivity contribution in [2.75, 3.05) is 0 Å². The molecule has 1 saturated carbocycles. The zero-order chi connectivity index (χ0) is 27.4. The van der Waals surface area contributed by atoms with Crippen molar-refractivity contribution in [1.82, 2.24) is 0 Å². The molecular formula is C34H56OSi. The van der Waals surface area contributed by atoms with Crippen molar-refractivity contribution in [3.05, 3.63) is 34.9 Å². The highest BCUT2D eigenvalue weighted by atomic mass is 28.4. The average molecular weight is 511 g/mol. The van der Waals surface area contributed by atoms with E-state index in [9.17, 15) is 0 Å². The molecule has 0 aromatic heterocycles. The summed E-state index contributed by atoms with van der Waals surface area (Å²) in [5.74, 6) is 9.33. The Morgan fingerprint density at radius 1 is 1.22 bits per heavy atom. The molecule has 0 aromatic carbocycles. The fourth-order valence-electron chi connectivity index (χ4n) is 7.79. The molecule has 0 aromatic rings. The maximum atomic E-state index is 8.29. The van der Waals surface area contributed by atoms with Crippen molar-refractivity contribution >= 4 is 8.32 Å². The van der Waals surface area contributed by atoms with Crippen molar-refractivity contribution in [2.24, 2.45) is 23.2 Å². The molecule has 3 rings (SSSR count). The number of allylic oxidation sites excluding steroid dienone is 5. The van der Waals surface area contributed by atoms with Gasteiger partial charge in [0, 0.05) is 12.5 Å². The van der Waals surface area contributed by atoms with Gasteiger partial charge in [0.1, 0.15) is 0 Å². The maximum Gasteiger partial charge on any atom is 0.192 e. The summed E-state index contributed by atoms with van der Waals surface area (Å²) in [5, 5.41) is 0. The average Bonchev–Trinajstić information content (AvgIpc) is 3.21. The Morgan fingerprint density at radius 2 is 1.92 bits per heavy atom. The van der Waals surface area contributed by atoms with E-state index in [0.717, 1.165) is 36.7 Å². The fraction of sp³-hybridized carbons (Fsp3) is 0.765. The van der Waals surface area contributed by atoms with E-state index in [2.05, 4.69) is 79.9 Å². The summed E-state index contributed by atoms with van der Waals surface area (Å²) < 4.78 is 15.2. The van der Waals surface area contributed by atoms with Gasteiger partial charge in [-0.2, -0.15) is 0 Å². The monoisotopic (exact) mass is 510 g/mol. The van der Waals surface area contributed by atoms with Crippen LogP contribution < -0.4 is 0 Å². The molecule has 0 radical (unpaired) electrons. The van der Waals surface area contributed by atoms with E-state index in [1.165, 1.54) is 73.4 Å². The van der Waals surface area contributed by atoms with E-state index < -0.39 is 8.32 Å². The summed E-state index contributed by atoms with van der Waals surface area (Å²) in [6.45, 7) is 23.0. The predicted octanol–water partition coefficient (Wildman–Crippen LogP) is 10.4. The Balaban J connectivity index is 1.62. The van der Waals surface area contributed by atoms with Crippen LogP contribution in [0, 0.1) is 35.0 Å². The minimum atomic E-state index is -1.57. The van der Waals surface area contributed by atoms with E-state index in [-0.39, 0.29) is 12.0 Å². The zero-order valence-corrected chi connectivity index (χ0v) is 26.0. The molecule has 2 heteroatoms. The lowest BCUT2D eigenvalue weighted by molar-refractivity contribution is 0.0736. The Kier molecular flexibility index (Phi) is 9.49. The van der Waals surface area contributed by atoms with Crippen LogP contribution in [0.3, 0.4) is 0 Å². The number of hydrogen-bond acceptors (Lipinski definition) is 1. The second-order valence-corrected chi connectivity index (χ2v) is 17.9. The van der Waals surface area contributed by atoms with E-state index in [0.29, 0.717) is 11.3 Å². The van der Waals surface area contributed by atoms with Gasteiger partial charge in [-0.3, -0.25) is 0 Å². The van der Waals surface area contributed by atoms with Gasteiger partial charge >= 0.3 is 0 Å². The van der Waals surface area contributed by atoms with Gasteiger partial charge in [-0.05, 0) is 113 Å². The first-order valence-corrected chi connectivity index (χ1v) is 17.6. The van der Waals surface area contributed by atoms with Gasteiger partial charge in [0.15, 0.2) is 8.32 Å². The molecule has 3 aliphatic carbocycles. The molecule has 2 unspecified atom stereocenters. The molecule has 0 N–H and O–H groups in total. The van der Waals surface area contributed by atoms with Crippen LogP contribution in [0.1, 0.15) is 121 Å². The first-order chi connectivity index (χ1) is 17.4. The Bertz CT molecular complexity index is 934. The highest BCUT2D eigenvalue weighted by molar-refractivity contribution is 6.73. The third-order valence-electron chi connectivity index (χ3n) is 10.3. The van der Waals surface area contributed by atoms with Gasteiger partial charge < -0.3 is 4.43 Å². The van der Waals surface area contributed by atoms with Gasteiger partial charge in [0.25, 0.3) is 0 Å². The van der Waals surface area contributed by atoms with Crippen LogP contribution in [-0.2, 0) is 4.43 Å². The highest BCUT2D eigenvalue weighted by Gasteiger charge is 2.50. The molecule has 0 bridgehead atoms. The normalized spacial score (nSPS) is 30.3. The predicted molar refractivity (Wildman–Crippen MR) is 160 cm³/mol. The lowest BCUT2D eigenvalue weighted by Gasteiger charge is -2.43. The van der Waals surface area contributed by atoms with Crippen LogP contribution in [0.4, 0.5) is 0 Å². The summed E-state index contributed by atoms with van der Waals surface area (Å²) in [4.78, 5) is 0. The molecule has 0 saturated heterocycles. The molecule has 0 amide bonds. The minimum absolute atomic E-state index is 0.00275. The third-order valence-corrected chi connectivity index (χ3v) is 15.2. The molecule has 36 heavy (non-hydrogen) atoms. The van der Waals surface area contributed by atoms with Gasteiger partial charge in [-0.1, -0.05) is 83.1 Å². The molecule has 3 aliphatic rings. The topological polar surface area (TPSA) is 9.23 Å². The molecule has 1 nitrogen and oxygen atoms in total. The van der Waals surface area contributed by atoms with Gasteiger partial charge in [0.2, 0.25) is 0 Å². The third kappa shape index (κ3) is 6.68. The minimum Gasteiger partial charge on any atom is -0.412 e. The van der Waals surface area contributed by atoms with E-state index in [4.69, 9.17) is 5.80 Å². The largest absolute Gasteiger partial charge is 0.412 e. The summed E-state index contributed by atoms with van der Waals surface area (Å²) in [5.41, 5.74) is 5.32. The highest BCUT2D eigenvalue weighted by Crippen LogP contribution is 2.58.